The van der Waals surface area contributed by atoms with E-state index in [1.807, 2.05) is 0 Å². The number of aliphatic hydroxyl groups is 1. The van der Waals surface area contributed by atoms with Gasteiger partial charge in [0.2, 0.25) is 0 Å². The van der Waals surface area contributed by atoms with Crippen molar-refractivity contribution >= 4 is 11.9 Å². The molecule has 5 aliphatic rings. The maximum Gasteiger partial charge on any atom is 0.338 e. The minimum absolute atomic E-state index is 0.0443. The Morgan fingerprint density at radius 3 is 2.17 bits per heavy atom. The number of carbonyl (C=O) groups excluding carboxylic acids is 2. The third kappa shape index (κ3) is 5.54. The van der Waals surface area contributed by atoms with Crippen LogP contribution in [0.5, 0.6) is 17.2 Å². The first-order valence-electron chi connectivity index (χ1n) is 19.7. The van der Waals surface area contributed by atoms with Crippen LogP contribution in [0.4, 0.5) is 0 Å². The van der Waals surface area contributed by atoms with Crippen LogP contribution < -0.4 is 4.74 Å². The van der Waals surface area contributed by atoms with Gasteiger partial charge in [-0.3, -0.25) is 0 Å². The molecule has 8 nitrogen and oxygen atoms in total. The van der Waals surface area contributed by atoms with E-state index in [4.69, 9.17) is 14.2 Å². The van der Waals surface area contributed by atoms with Gasteiger partial charge in [0.15, 0.2) is 11.5 Å². The molecular formula is C45H60O8. The fraction of sp³-hybridized carbons (Fsp3) is 0.644. The van der Waals surface area contributed by atoms with Crippen LogP contribution in [-0.4, -0.2) is 52.7 Å². The van der Waals surface area contributed by atoms with Crippen molar-refractivity contribution in [3.63, 3.8) is 0 Å². The summed E-state index contributed by atoms with van der Waals surface area (Å²) in [5, 5.41) is 31.7. The largest absolute Gasteiger partial charge is 0.508 e. The number of phenols is 2. The quantitative estimate of drug-likeness (QED) is 0.199. The van der Waals surface area contributed by atoms with Gasteiger partial charge in [-0.05, 0) is 146 Å². The Morgan fingerprint density at radius 1 is 0.849 bits per heavy atom. The summed E-state index contributed by atoms with van der Waals surface area (Å²) in [5.74, 6) is 0.143. The summed E-state index contributed by atoms with van der Waals surface area (Å²) in [7, 11) is 1.46. The van der Waals surface area contributed by atoms with Crippen molar-refractivity contribution in [2.24, 2.45) is 56.7 Å². The van der Waals surface area contributed by atoms with E-state index in [1.165, 1.54) is 30.9 Å². The number of methoxy groups -OCH3 is 1. The van der Waals surface area contributed by atoms with Crippen LogP contribution in [0.3, 0.4) is 0 Å². The number of aliphatic hydroxyl groups excluding tert-OH is 1. The predicted molar refractivity (Wildman–Crippen MR) is 203 cm³/mol. The molecule has 0 amide bonds. The Balaban J connectivity index is 1.39. The lowest BCUT2D eigenvalue weighted by atomic mass is 9.31. The number of aromatic hydroxyl groups is 2. The number of fused-ring (bicyclic) bond motifs is 7. The number of esters is 2. The van der Waals surface area contributed by atoms with Crippen molar-refractivity contribution in [2.75, 3.05) is 7.11 Å². The molecule has 5 saturated carbocycles. The molecule has 0 saturated heterocycles. The molecule has 0 spiro atoms. The molecule has 0 aromatic heterocycles. The van der Waals surface area contributed by atoms with Crippen molar-refractivity contribution in [1.29, 1.82) is 0 Å². The van der Waals surface area contributed by atoms with E-state index in [1.54, 1.807) is 24.3 Å². The van der Waals surface area contributed by atoms with Crippen LogP contribution in [0.2, 0.25) is 0 Å². The highest BCUT2D eigenvalue weighted by atomic mass is 16.6. The maximum atomic E-state index is 14.3. The van der Waals surface area contributed by atoms with E-state index in [2.05, 4.69) is 55.0 Å². The fourth-order valence-electron chi connectivity index (χ4n) is 13.7. The minimum Gasteiger partial charge on any atom is -0.508 e. The van der Waals surface area contributed by atoms with Crippen LogP contribution in [0.15, 0.2) is 54.6 Å². The number of hydrogen-bond donors (Lipinski definition) is 3. The first kappa shape index (κ1) is 37.8. The molecule has 0 radical (unpaired) electrons. The van der Waals surface area contributed by atoms with E-state index >= 15 is 0 Å². The first-order valence-corrected chi connectivity index (χ1v) is 19.7. The molecule has 0 unspecified atom stereocenters. The van der Waals surface area contributed by atoms with Crippen LogP contribution >= 0.6 is 0 Å². The summed E-state index contributed by atoms with van der Waals surface area (Å²) in [5.41, 5.74) is 0.278. The lowest BCUT2D eigenvalue weighted by Crippen LogP contribution is -2.73. The van der Waals surface area contributed by atoms with Crippen molar-refractivity contribution < 1.29 is 39.1 Å². The molecule has 8 heteroatoms. The standard InChI is InChI=1S/C45H60O8/c1-25(2)29-16-19-42(5)24-36(53-39(49)26-10-13-28(46)14-11-26)45(8)30(37(29)42)23-33(52-40(50)27-12-15-31(47)32(22-27)51-9)38-43(6)20-18-35(48)41(3,4)34(43)17-21-44(38,45)7/h10-15,22,29-30,33-38,46-48H,1,16-21,23-24H2,2-9H3/t29-,30+,33+,34-,35-,36+,37-,38+,42+,43-,44+,45-/m0/s1. The summed E-state index contributed by atoms with van der Waals surface area (Å²) in [6.07, 6.45) is 5.35. The van der Waals surface area contributed by atoms with Gasteiger partial charge in [-0.2, -0.15) is 0 Å². The second-order valence-corrected chi connectivity index (χ2v) is 19.1. The van der Waals surface area contributed by atoms with Crippen LogP contribution in [-0.2, 0) is 9.47 Å². The van der Waals surface area contributed by atoms with Gasteiger partial charge < -0.3 is 29.5 Å². The Bertz CT molecular complexity index is 1780. The molecule has 7 rings (SSSR count). The molecule has 2 aromatic carbocycles. The highest BCUT2D eigenvalue weighted by molar-refractivity contribution is 5.90. The summed E-state index contributed by atoms with van der Waals surface area (Å²) in [4.78, 5) is 28.4. The third-order valence-electron chi connectivity index (χ3n) is 16.4. The van der Waals surface area contributed by atoms with E-state index < -0.39 is 35.1 Å². The van der Waals surface area contributed by atoms with Gasteiger partial charge in [-0.25, -0.2) is 9.59 Å². The summed E-state index contributed by atoms with van der Waals surface area (Å²) in [6, 6.07) is 10.9. The van der Waals surface area contributed by atoms with E-state index in [0.717, 1.165) is 38.5 Å². The van der Waals surface area contributed by atoms with Gasteiger partial charge in [0.25, 0.3) is 0 Å². The van der Waals surface area contributed by atoms with Crippen molar-refractivity contribution in [3.05, 3.63) is 65.7 Å². The van der Waals surface area contributed by atoms with Crippen LogP contribution in [0.25, 0.3) is 0 Å². The molecule has 12 atom stereocenters. The van der Waals surface area contributed by atoms with Crippen molar-refractivity contribution in [3.8, 4) is 17.2 Å². The first-order chi connectivity index (χ1) is 24.8. The molecule has 0 aliphatic heterocycles. The number of ether oxygens (including phenoxy) is 3. The molecule has 53 heavy (non-hydrogen) atoms. The molecule has 288 valence electrons. The van der Waals surface area contributed by atoms with E-state index in [0.29, 0.717) is 29.9 Å². The SMILES string of the molecule is C=C(C)[C@@H]1CC[C@]2(C)C[C@@H](OC(=O)c3ccc(O)cc3)[C@]3(C)[C@H](C[C@@H](OC(=O)c4ccc(O)c(OC)c4)[C@@H]4[C@@]5(C)CC[C@H](O)C(C)(C)[C@@H]5CC[C@]43C)[C@H]12. The van der Waals surface area contributed by atoms with Gasteiger partial charge in [0.1, 0.15) is 18.0 Å². The van der Waals surface area contributed by atoms with Crippen LogP contribution in [0, 0.1) is 56.7 Å². The highest BCUT2D eigenvalue weighted by Crippen LogP contribution is 2.78. The average Bonchev–Trinajstić information content (AvgIpc) is 3.45. The number of rotatable bonds is 6. The molecule has 3 N–H and O–H groups in total. The van der Waals surface area contributed by atoms with Gasteiger partial charge in [-0.15, -0.1) is 0 Å². The molecular weight excluding hydrogens is 668 g/mol. The Morgan fingerprint density at radius 2 is 1.51 bits per heavy atom. The van der Waals surface area contributed by atoms with Crippen molar-refractivity contribution in [2.45, 2.75) is 118 Å². The Kier molecular flexibility index (Phi) is 9.11. The number of allylic oxidation sites excluding steroid dienone is 1. The zero-order chi connectivity index (χ0) is 38.5. The number of benzene rings is 2. The Hall–Kier alpha value is -3.52. The second kappa shape index (κ2) is 12.8. The summed E-state index contributed by atoms with van der Waals surface area (Å²) in [6.45, 7) is 20.6. The van der Waals surface area contributed by atoms with Gasteiger partial charge in [0, 0.05) is 11.3 Å². The lowest BCUT2D eigenvalue weighted by molar-refractivity contribution is -0.298. The van der Waals surface area contributed by atoms with Gasteiger partial charge in [0.05, 0.1) is 24.3 Å². The molecule has 5 aliphatic carbocycles. The van der Waals surface area contributed by atoms with E-state index in [-0.39, 0.29) is 63.1 Å². The molecule has 0 bridgehead atoms. The number of hydrogen-bond acceptors (Lipinski definition) is 8. The summed E-state index contributed by atoms with van der Waals surface area (Å²) >= 11 is 0. The third-order valence-corrected chi connectivity index (χ3v) is 16.4. The highest BCUT2D eigenvalue weighted by Gasteiger charge is 2.76. The zero-order valence-corrected chi connectivity index (χ0v) is 32.9. The summed E-state index contributed by atoms with van der Waals surface area (Å²) < 4.78 is 19.0. The lowest BCUT2D eigenvalue weighted by Gasteiger charge is -2.74. The normalized spacial score (nSPS) is 41.2. The molecule has 5 fully saturated rings. The maximum absolute atomic E-state index is 14.3. The molecule has 2 aromatic rings. The van der Waals surface area contributed by atoms with Crippen LogP contribution in [0.1, 0.15) is 121 Å². The molecule has 0 heterocycles. The van der Waals surface area contributed by atoms with Crippen molar-refractivity contribution in [1.82, 2.24) is 0 Å². The minimum atomic E-state index is -0.481. The number of carbonyl (C=O) groups is 2. The second-order valence-electron chi connectivity index (χ2n) is 19.1. The Labute approximate surface area is 315 Å². The topological polar surface area (TPSA) is 123 Å². The van der Waals surface area contributed by atoms with Gasteiger partial charge in [-0.1, -0.05) is 53.7 Å². The monoisotopic (exact) mass is 728 g/mol. The fourth-order valence-corrected chi connectivity index (χ4v) is 13.7. The smallest absolute Gasteiger partial charge is 0.338 e. The zero-order valence-electron chi connectivity index (χ0n) is 32.9. The predicted octanol–water partition coefficient (Wildman–Crippen LogP) is 9.12. The average molecular weight is 729 g/mol. The number of phenolic OH excluding ortho intramolecular Hbond substituents is 2. The van der Waals surface area contributed by atoms with E-state index in [9.17, 15) is 24.9 Å². The van der Waals surface area contributed by atoms with Gasteiger partial charge >= 0.3 is 11.9 Å².